The first-order valence-corrected chi connectivity index (χ1v) is 13.1. The Morgan fingerprint density at radius 2 is 1.56 bits per heavy atom. The molecule has 3 aromatic carbocycles. The summed E-state index contributed by atoms with van der Waals surface area (Å²) in [6.45, 7) is 6.35. The third-order valence-corrected chi connectivity index (χ3v) is 6.57. The lowest BCUT2D eigenvalue weighted by Gasteiger charge is -2.19. The summed E-state index contributed by atoms with van der Waals surface area (Å²) in [4.78, 5) is 36.1. The standard InChI is InChI=1S/C31H37N3O5/c1-20-16-26(39-19-24-11-13-25(14-12-24)31(37)38)17-21(2)27(20)18-28(32)30(36)34-22(3)29(35)33-15-7-10-23-8-5-4-6-9-23/h4-6,8-9,11-14,16-17,22,28H,7,10,15,18-19,32H2,1-3H3,(H,33,35)(H,34,36)(H,37,38)/t22-,28?/m1/s1. The molecule has 2 amide bonds. The Hall–Kier alpha value is -4.17. The van der Waals surface area contributed by atoms with E-state index in [1.165, 1.54) is 5.56 Å². The van der Waals surface area contributed by atoms with Gasteiger partial charge in [0, 0.05) is 6.54 Å². The molecule has 0 saturated carbocycles. The van der Waals surface area contributed by atoms with E-state index >= 15 is 0 Å². The quantitative estimate of drug-likeness (QED) is 0.249. The van der Waals surface area contributed by atoms with Crippen LogP contribution in [0.25, 0.3) is 0 Å². The highest BCUT2D eigenvalue weighted by Crippen LogP contribution is 2.24. The number of aromatic carboxylic acids is 1. The molecule has 8 heteroatoms. The molecule has 0 aliphatic rings. The van der Waals surface area contributed by atoms with Crippen LogP contribution in [0.15, 0.2) is 66.7 Å². The molecule has 0 aliphatic carbocycles. The molecule has 0 aliphatic heterocycles. The van der Waals surface area contributed by atoms with E-state index in [0.29, 0.717) is 25.3 Å². The molecule has 3 rings (SSSR count). The lowest BCUT2D eigenvalue weighted by molar-refractivity contribution is -0.129. The minimum Gasteiger partial charge on any atom is -0.489 e. The number of rotatable bonds is 13. The number of nitrogens with two attached hydrogens (primary N) is 1. The van der Waals surface area contributed by atoms with Crippen LogP contribution in [0.5, 0.6) is 5.75 Å². The molecule has 0 saturated heterocycles. The van der Waals surface area contributed by atoms with Crippen LogP contribution in [-0.2, 0) is 29.0 Å². The molecule has 206 valence electrons. The van der Waals surface area contributed by atoms with Gasteiger partial charge in [0.25, 0.3) is 0 Å². The summed E-state index contributed by atoms with van der Waals surface area (Å²) in [5.74, 6) is -0.920. The normalized spacial score (nSPS) is 12.3. The van der Waals surface area contributed by atoms with Gasteiger partial charge in [0.2, 0.25) is 11.8 Å². The maximum atomic E-state index is 12.7. The van der Waals surface area contributed by atoms with Gasteiger partial charge >= 0.3 is 5.97 Å². The molecule has 0 aromatic heterocycles. The van der Waals surface area contributed by atoms with Gasteiger partial charge in [-0.1, -0.05) is 42.5 Å². The second-order valence-electron chi connectivity index (χ2n) is 9.75. The van der Waals surface area contributed by atoms with Crippen LogP contribution in [0.2, 0.25) is 0 Å². The molecule has 8 nitrogen and oxygen atoms in total. The summed E-state index contributed by atoms with van der Waals surface area (Å²) in [6.07, 6.45) is 2.01. The molecule has 0 fully saturated rings. The first kappa shape index (κ1) is 29.4. The zero-order valence-corrected chi connectivity index (χ0v) is 22.7. The van der Waals surface area contributed by atoms with Crippen molar-refractivity contribution < 1.29 is 24.2 Å². The van der Waals surface area contributed by atoms with Crippen molar-refractivity contribution in [2.24, 2.45) is 5.73 Å². The molecule has 0 spiro atoms. The highest BCUT2D eigenvalue weighted by atomic mass is 16.5. The molecule has 0 bridgehead atoms. The highest BCUT2D eigenvalue weighted by Gasteiger charge is 2.21. The number of aryl methyl sites for hydroxylation is 3. The summed E-state index contributed by atoms with van der Waals surface area (Å²) in [5.41, 5.74) is 11.3. The van der Waals surface area contributed by atoms with E-state index in [9.17, 15) is 14.4 Å². The van der Waals surface area contributed by atoms with Crippen molar-refractivity contribution in [3.8, 4) is 5.75 Å². The van der Waals surface area contributed by atoms with Gasteiger partial charge in [-0.3, -0.25) is 9.59 Å². The van der Waals surface area contributed by atoms with Gasteiger partial charge in [-0.05, 0) is 92.1 Å². The summed E-state index contributed by atoms with van der Waals surface area (Å²) in [6, 6.07) is 18.9. The second kappa shape index (κ2) is 14.1. The van der Waals surface area contributed by atoms with Crippen molar-refractivity contribution in [1.82, 2.24) is 10.6 Å². The average Bonchev–Trinajstić information content (AvgIpc) is 2.92. The maximum Gasteiger partial charge on any atom is 0.335 e. The number of amides is 2. The zero-order chi connectivity index (χ0) is 28.4. The van der Waals surface area contributed by atoms with Crippen molar-refractivity contribution in [1.29, 1.82) is 0 Å². The number of carboxylic acid groups (broad SMARTS) is 1. The number of hydrogen-bond donors (Lipinski definition) is 4. The molecule has 2 atom stereocenters. The number of hydrogen-bond acceptors (Lipinski definition) is 5. The average molecular weight is 532 g/mol. The number of carbonyl (C=O) groups excluding carboxylic acids is 2. The number of carboxylic acids is 1. The smallest absolute Gasteiger partial charge is 0.335 e. The van der Waals surface area contributed by atoms with Gasteiger partial charge < -0.3 is 26.2 Å². The van der Waals surface area contributed by atoms with Crippen LogP contribution in [0.3, 0.4) is 0 Å². The Labute approximate surface area is 229 Å². The monoisotopic (exact) mass is 531 g/mol. The lowest BCUT2D eigenvalue weighted by Crippen LogP contribution is -2.51. The predicted octanol–water partition coefficient (Wildman–Crippen LogP) is 3.70. The van der Waals surface area contributed by atoms with Crippen molar-refractivity contribution in [2.75, 3.05) is 6.54 Å². The van der Waals surface area contributed by atoms with Gasteiger partial charge in [0.05, 0.1) is 11.6 Å². The Balaban J connectivity index is 1.47. The van der Waals surface area contributed by atoms with E-state index < -0.39 is 18.1 Å². The van der Waals surface area contributed by atoms with E-state index in [1.54, 1.807) is 31.2 Å². The van der Waals surface area contributed by atoms with E-state index in [2.05, 4.69) is 22.8 Å². The molecular formula is C31H37N3O5. The van der Waals surface area contributed by atoms with Crippen molar-refractivity contribution in [3.05, 3.63) is 100 Å². The van der Waals surface area contributed by atoms with Crippen LogP contribution in [0.1, 0.15) is 51.5 Å². The summed E-state index contributed by atoms with van der Waals surface area (Å²) in [5, 5.41) is 14.6. The number of nitrogens with one attached hydrogen (secondary N) is 2. The van der Waals surface area contributed by atoms with Gasteiger partial charge in [-0.15, -0.1) is 0 Å². The van der Waals surface area contributed by atoms with E-state index in [4.69, 9.17) is 15.6 Å². The number of benzene rings is 3. The Morgan fingerprint density at radius 3 is 2.18 bits per heavy atom. The van der Waals surface area contributed by atoms with E-state index in [1.807, 2.05) is 44.2 Å². The zero-order valence-electron chi connectivity index (χ0n) is 22.7. The van der Waals surface area contributed by atoms with Gasteiger partial charge in [-0.2, -0.15) is 0 Å². The van der Waals surface area contributed by atoms with Crippen molar-refractivity contribution in [3.63, 3.8) is 0 Å². The van der Waals surface area contributed by atoms with Crippen molar-refractivity contribution >= 4 is 17.8 Å². The number of carbonyl (C=O) groups is 3. The predicted molar refractivity (Wildman–Crippen MR) is 151 cm³/mol. The first-order chi connectivity index (χ1) is 18.6. The lowest BCUT2D eigenvalue weighted by atomic mass is 9.96. The second-order valence-corrected chi connectivity index (χ2v) is 9.75. The minimum absolute atomic E-state index is 0.226. The fraction of sp³-hybridized carbons (Fsp3) is 0.323. The summed E-state index contributed by atoms with van der Waals surface area (Å²) in [7, 11) is 0. The SMILES string of the molecule is Cc1cc(OCc2ccc(C(=O)O)cc2)cc(C)c1CC(N)C(=O)N[C@H](C)C(=O)NCCCc1ccccc1. The minimum atomic E-state index is -0.969. The third kappa shape index (κ3) is 8.97. The van der Waals surface area contributed by atoms with Gasteiger partial charge in [0.15, 0.2) is 0 Å². The first-order valence-electron chi connectivity index (χ1n) is 13.1. The highest BCUT2D eigenvalue weighted by molar-refractivity contribution is 5.89. The molecule has 5 N–H and O–H groups in total. The van der Waals surface area contributed by atoms with Crippen LogP contribution < -0.4 is 21.1 Å². The Morgan fingerprint density at radius 1 is 0.923 bits per heavy atom. The topological polar surface area (TPSA) is 131 Å². The Bertz CT molecular complexity index is 1250. The van der Waals surface area contributed by atoms with Crippen LogP contribution in [-0.4, -0.2) is 41.5 Å². The fourth-order valence-corrected chi connectivity index (χ4v) is 4.27. The molecule has 0 radical (unpaired) electrons. The van der Waals surface area contributed by atoms with E-state index in [-0.39, 0.29) is 17.4 Å². The summed E-state index contributed by atoms with van der Waals surface area (Å²) >= 11 is 0. The molecule has 39 heavy (non-hydrogen) atoms. The third-order valence-electron chi connectivity index (χ3n) is 6.57. The van der Waals surface area contributed by atoms with Crippen molar-refractivity contribution in [2.45, 2.75) is 58.7 Å². The van der Waals surface area contributed by atoms with Gasteiger partial charge in [0.1, 0.15) is 18.4 Å². The molecule has 3 aromatic rings. The maximum absolute atomic E-state index is 12.7. The summed E-state index contributed by atoms with van der Waals surface area (Å²) < 4.78 is 5.90. The van der Waals surface area contributed by atoms with Crippen LogP contribution in [0, 0.1) is 13.8 Å². The Kier molecular flexibility index (Phi) is 10.6. The largest absolute Gasteiger partial charge is 0.489 e. The molecular weight excluding hydrogens is 494 g/mol. The molecule has 1 unspecified atom stereocenters. The van der Waals surface area contributed by atoms with E-state index in [0.717, 1.165) is 35.1 Å². The van der Waals surface area contributed by atoms with Crippen LogP contribution in [0.4, 0.5) is 0 Å². The number of ether oxygens (including phenoxy) is 1. The van der Waals surface area contributed by atoms with Gasteiger partial charge in [-0.25, -0.2) is 4.79 Å². The fourth-order valence-electron chi connectivity index (χ4n) is 4.27. The van der Waals surface area contributed by atoms with Crippen LogP contribution >= 0.6 is 0 Å². The molecule has 0 heterocycles.